The summed E-state index contributed by atoms with van der Waals surface area (Å²) in [6, 6.07) is 7.33. The van der Waals surface area contributed by atoms with E-state index in [0.29, 0.717) is 11.3 Å². The maximum Gasteiger partial charge on any atom is 0.328 e. The number of aliphatic carboxylic acids is 1. The van der Waals surface area contributed by atoms with E-state index in [2.05, 4.69) is 0 Å². The van der Waals surface area contributed by atoms with E-state index in [1.165, 1.54) is 6.08 Å². The van der Waals surface area contributed by atoms with Crippen molar-refractivity contribution >= 4 is 12.0 Å². The molecule has 0 amide bonds. The molecule has 0 saturated carbocycles. The van der Waals surface area contributed by atoms with Crippen molar-refractivity contribution in [2.45, 2.75) is 20.0 Å². The highest BCUT2D eigenvalue weighted by Crippen LogP contribution is 2.22. The zero-order chi connectivity index (χ0) is 12.8. The fraction of sp³-hybridized carbons (Fsp3) is 0.231. The van der Waals surface area contributed by atoms with Crippen molar-refractivity contribution in [3.8, 4) is 11.8 Å². The van der Waals surface area contributed by atoms with Gasteiger partial charge in [-0.25, -0.2) is 4.79 Å². The molecule has 0 aromatic heterocycles. The number of benzene rings is 1. The van der Waals surface area contributed by atoms with Crippen molar-refractivity contribution in [1.29, 1.82) is 5.26 Å². The third kappa shape index (κ3) is 3.99. The molecule has 0 aliphatic heterocycles. The highest BCUT2D eigenvalue weighted by molar-refractivity contribution is 5.86. The molecule has 0 fully saturated rings. The molecule has 0 saturated heterocycles. The lowest BCUT2D eigenvalue weighted by Gasteiger charge is -2.11. The largest absolute Gasteiger partial charge is 0.478 e. The normalized spacial score (nSPS) is 12.1. The van der Waals surface area contributed by atoms with Crippen LogP contribution in [0, 0.1) is 18.3 Å². The van der Waals surface area contributed by atoms with Gasteiger partial charge in [0.05, 0.1) is 0 Å². The van der Waals surface area contributed by atoms with Crippen LogP contribution in [0.3, 0.4) is 0 Å². The van der Waals surface area contributed by atoms with Crippen LogP contribution in [0.25, 0.3) is 6.08 Å². The monoisotopic (exact) mass is 231 g/mol. The highest BCUT2D eigenvalue weighted by atomic mass is 16.5. The molecule has 1 aromatic carbocycles. The number of carboxylic acids is 1. The van der Waals surface area contributed by atoms with Crippen molar-refractivity contribution in [3.05, 3.63) is 35.4 Å². The Morgan fingerprint density at radius 3 is 2.88 bits per heavy atom. The zero-order valence-corrected chi connectivity index (χ0v) is 9.68. The Morgan fingerprint density at radius 1 is 1.59 bits per heavy atom. The minimum atomic E-state index is -1.02. The van der Waals surface area contributed by atoms with Gasteiger partial charge in [-0.05, 0) is 32.1 Å². The summed E-state index contributed by atoms with van der Waals surface area (Å²) in [6.45, 7) is 3.53. The zero-order valence-electron chi connectivity index (χ0n) is 9.68. The van der Waals surface area contributed by atoms with Crippen LogP contribution >= 0.6 is 0 Å². The van der Waals surface area contributed by atoms with Crippen LogP contribution < -0.4 is 4.74 Å². The summed E-state index contributed by atoms with van der Waals surface area (Å²) in [7, 11) is 0. The summed E-state index contributed by atoms with van der Waals surface area (Å²) in [4.78, 5) is 10.5. The maximum atomic E-state index is 10.5. The van der Waals surface area contributed by atoms with Crippen molar-refractivity contribution in [3.63, 3.8) is 0 Å². The van der Waals surface area contributed by atoms with Crippen molar-refractivity contribution < 1.29 is 14.6 Å². The number of nitrogens with zero attached hydrogens (tertiary/aromatic N) is 1. The Morgan fingerprint density at radius 2 is 2.29 bits per heavy atom. The number of rotatable bonds is 4. The van der Waals surface area contributed by atoms with Crippen LogP contribution in [0.4, 0.5) is 0 Å². The molecule has 0 bridgehead atoms. The van der Waals surface area contributed by atoms with Crippen LogP contribution in [-0.4, -0.2) is 17.2 Å². The summed E-state index contributed by atoms with van der Waals surface area (Å²) in [5.74, 6) is -0.520. The molecule has 17 heavy (non-hydrogen) atoms. The molecule has 0 spiro atoms. The molecule has 1 atom stereocenters. The first-order valence-electron chi connectivity index (χ1n) is 5.11. The second-order valence-electron chi connectivity index (χ2n) is 3.60. The quantitative estimate of drug-likeness (QED) is 0.807. The molecule has 4 heteroatoms. The molecule has 88 valence electrons. The molecular weight excluding hydrogens is 218 g/mol. The molecule has 0 heterocycles. The number of carboxylic acid groups (broad SMARTS) is 1. The van der Waals surface area contributed by atoms with E-state index in [4.69, 9.17) is 15.1 Å². The van der Waals surface area contributed by atoms with Gasteiger partial charge in [-0.15, -0.1) is 0 Å². The maximum absolute atomic E-state index is 10.5. The predicted molar refractivity (Wildman–Crippen MR) is 63.6 cm³/mol. The van der Waals surface area contributed by atoms with E-state index in [-0.39, 0.29) is 0 Å². The van der Waals surface area contributed by atoms with Crippen LogP contribution in [0.5, 0.6) is 5.75 Å². The Bertz CT molecular complexity index is 486. The average molecular weight is 231 g/mol. The van der Waals surface area contributed by atoms with Gasteiger partial charge >= 0.3 is 5.97 Å². The van der Waals surface area contributed by atoms with E-state index in [1.807, 2.05) is 19.1 Å². The molecule has 0 radical (unpaired) electrons. The van der Waals surface area contributed by atoms with Crippen LogP contribution in [0.1, 0.15) is 18.1 Å². The Balaban J connectivity index is 3.04. The molecule has 0 aliphatic carbocycles. The van der Waals surface area contributed by atoms with E-state index in [9.17, 15) is 4.79 Å². The molecule has 0 aliphatic rings. The van der Waals surface area contributed by atoms with E-state index in [0.717, 1.165) is 11.6 Å². The van der Waals surface area contributed by atoms with Crippen LogP contribution in [0.2, 0.25) is 0 Å². The first-order chi connectivity index (χ1) is 8.02. The fourth-order valence-corrected chi connectivity index (χ4v) is 1.28. The van der Waals surface area contributed by atoms with E-state index >= 15 is 0 Å². The Kier molecular flexibility index (Phi) is 4.29. The van der Waals surface area contributed by atoms with Gasteiger partial charge in [-0.3, -0.25) is 0 Å². The standard InChI is InChI=1S/C13H13NO3/c1-9-3-5-12(17-10(2)8-14)11(7-9)4-6-13(15)16/h3-7,10H,1-2H3,(H,15,16). The fourth-order valence-electron chi connectivity index (χ4n) is 1.28. The molecule has 1 N–H and O–H groups in total. The first-order valence-corrected chi connectivity index (χ1v) is 5.11. The third-order valence-corrected chi connectivity index (χ3v) is 2.06. The van der Waals surface area contributed by atoms with E-state index in [1.54, 1.807) is 19.1 Å². The molecular formula is C13H13NO3. The number of aryl methyl sites for hydroxylation is 1. The Hall–Kier alpha value is -2.28. The number of ether oxygens (including phenoxy) is 1. The first kappa shape index (κ1) is 12.8. The lowest BCUT2D eigenvalue weighted by molar-refractivity contribution is -0.131. The highest BCUT2D eigenvalue weighted by Gasteiger charge is 2.06. The SMILES string of the molecule is Cc1ccc(OC(C)C#N)c(C=CC(=O)O)c1. The number of carbonyl (C=O) groups is 1. The summed E-state index contributed by atoms with van der Waals surface area (Å²) in [6.07, 6.45) is 1.92. The van der Waals surface area contributed by atoms with Crippen molar-refractivity contribution in [2.75, 3.05) is 0 Å². The van der Waals surface area contributed by atoms with Gasteiger partial charge in [0.25, 0.3) is 0 Å². The van der Waals surface area contributed by atoms with Gasteiger partial charge < -0.3 is 9.84 Å². The topological polar surface area (TPSA) is 70.3 Å². The summed E-state index contributed by atoms with van der Waals surface area (Å²) in [5, 5.41) is 17.3. The number of nitriles is 1. The van der Waals surface area contributed by atoms with Gasteiger partial charge in [0.15, 0.2) is 6.10 Å². The summed E-state index contributed by atoms with van der Waals surface area (Å²) >= 11 is 0. The number of hydrogen-bond acceptors (Lipinski definition) is 3. The van der Waals surface area contributed by atoms with Gasteiger partial charge in [0, 0.05) is 11.6 Å². The molecule has 1 rings (SSSR count). The smallest absolute Gasteiger partial charge is 0.328 e. The molecule has 4 nitrogen and oxygen atoms in total. The van der Waals surface area contributed by atoms with Crippen molar-refractivity contribution in [1.82, 2.24) is 0 Å². The second kappa shape index (κ2) is 5.71. The lowest BCUT2D eigenvalue weighted by Crippen LogP contribution is -2.09. The molecule has 1 unspecified atom stereocenters. The van der Waals surface area contributed by atoms with Crippen molar-refractivity contribution in [2.24, 2.45) is 0 Å². The van der Waals surface area contributed by atoms with Gasteiger partial charge in [-0.1, -0.05) is 11.6 Å². The molecule has 1 aromatic rings. The summed E-state index contributed by atoms with van der Waals surface area (Å²) < 4.78 is 5.38. The van der Waals surface area contributed by atoms with Gasteiger partial charge in [0.1, 0.15) is 11.8 Å². The summed E-state index contributed by atoms with van der Waals surface area (Å²) in [5.41, 5.74) is 1.64. The minimum Gasteiger partial charge on any atom is -0.478 e. The third-order valence-electron chi connectivity index (χ3n) is 2.06. The lowest BCUT2D eigenvalue weighted by atomic mass is 10.1. The number of hydrogen-bond donors (Lipinski definition) is 1. The van der Waals surface area contributed by atoms with Crippen LogP contribution in [0.15, 0.2) is 24.3 Å². The minimum absolute atomic E-state index is 0.502. The van der Waals surface area contributed by atoms with Gasteiger partial charge in [-0.2, -0.15) is 5.26 Å². The predicted octanol–water partition coefficient (Wildman–Crippen LogP) is 2.38. The van der Waals surface area contributed by atoms with Gasteiger partial charge in [0.2, 0.25) is 0 Å². The Labute approximate surface area is 99.8 Å². The van der Waals surface area contributed by atoms with Crippen LogP contribution in [-0.2, 0) is 4.79 Å². The van der Waals surface area contributed by atoms with E-state index < -0.39 is 12.1 Å². The average Bonchev–Trinajstić information content (AvgIpc) is 2.29. The second-order valence-corrected chi connectivity index (χ2v) is 3.60.